The molecule has 0 amide bonds. The van der Waals surface area contributed by atoms with E-state index >= 15 is 0 Å². The molecule has 3 nitrogen and oxygen atoms in total. The summed E-state index contributed by atoms with van der Waals surface area (Å²) in [6, 6.07) is 11.3. The molecule has 1 saturated carbocycles. The minimum atomic E-state index is -0.582. The van der Waals surface area contributed by atoms with E-state index in [1.807, 2.05) is 0 Å². The third-order valence-corrected chi connectivity index (χ3v) is 4.83. The number of nitrogens with two attached hydrogens (primary N) is 1. The summed E-state index contributed by atoms with van der Waals surface area (Å²) >= 11 is 3.51. The van der Waals surface area contributed by atoms with E-state index in [0.717, 1.165) is 43.1 Å². The molecule has 0 radical (unpaired) electrons. The monoisotopic (exact) mass is 335 g/mol. The van der Waals surface area contributed by atoms with E-state index in [1.54, 1.807) is 0 Å². The maximum absolute atomic E-state index is 9.06. The Bertz CT molecular complexity index is 487. The van der Waals surface area contributed by atoms with Gasteiger partial charge in [0.2, 0.25) is 0 Å². The molecule has 1 aliphatic rings. The van der Waals surface area contributed by atoms with E-state index in [4.69, 9.17) is 11.0 Å². The zero-order valence-electron chi connectivity index (χ0n) is 12.0. The SMILES string of the molecule is CN(CCc1cccc(Br)c1)C1CCC(N)(C#N)CC1. The highest BCUT2D eigenvalue weighted by Crippen LogP contribution is 2.28. The Balaban J connectivity index is 1.82. The summed E-state index contributed by atoms with van der Waals surface area (Å²) in [7, 11) is 2.18. The van der Waals surface area contributed by atoms with E-state index in [9.17, 15) is 0 Å². The lowest BCUT2D eigenvalue weighted by molar-refractivity contribution is 0.169. The summed E-state index contributed by atoms with van der Waals surface area (Å²) in [5, 5.41) is 9.06. The molecular weight excluding hydrogens is 314 g/mol. The van der Waals surface area contributed by atoms with Crippen LogP contribution in [0.3, 0.4) is 0 Å². The average molecular weight is 336 g/mol. The standard InChI is InChI=1S/C16H22BrN3/c1-20(10-7-13-3-2-4-14(17)11-13)15-5-8-16(19,12-18)9-6-15/h2-4,11,15H,5-10,19H2,1H3. The second-order valence-corrected chi connectivity index (χ2v) is 6.78. The summed E-state index contributed by atoms with van der Waals surface area (Å²) < 4.78 is 1.14. The molecule has 0 atom stereocenters. The Hall–Kier alpha value is -0.890. The molecule has 1 aromatic carbocycles. The van der Waals surface area contributed by atoms with E-state index in [2.05, 4.69) is 58.2 Å². The Morgan fingerprint density at radius 3 is 2.75 bits per heavy atom. The highest BCUT2D eigenvalue weighted by Gasteiger charge is 2.32. The maximum Gasteiger partial charge on any atom is 0.104 e. The third-order valence-electron chi connectivity index (χ3n) is 4.34. The average Bonchev–Trinajstić information content (AvgIpc) is 2.46. The van der Waals surface area contributed by atoms with Gasteiger partial charge in [-0.05, 0) is 56.8 Å². The molecule has 4 heteroatoms. The molecular formula is C16H22BrN3. The van der Waals surface area contributed by atoms with Gasteiger partial charge in [-0.3, -0.25) is 0 Å². The molecule has 0 bridgehead atoms. The third kappa shape index (κ3) is 4.05. The predicted molar refractivity (Wildman–Crippen MR) is 85.3 cm³/mol. The van der Waals surface area contributed by atoms with Crippen LogP contribution in [0, 0.1) is 11.3 Å². The largest absolute Gasteiger partial charge is 0.313 e. The Morgan fingerprint density at radius 2 is 2.15 bits per heavy atom. The van der Waals surface area contributed by atoms with Crippen molar-refractivity contribution in [2.45, 2.75) is 43.7 Å². The molecule has 2 rings (SSSR count). The molecule has 0 unspecified atom stereocenters. The van der Waals surface area contributed by atoms with Gasteiger partial charge in [-0.25, -0.2) is 0 Å². The lowest BCUT2D eigenvalue weighted by atomic mass is 9.81. The van der Waals surface area contributed by atoms with Crippen LogP contribution in [-0.4, -0.2) is 30.1 Å². The molecule has 0 aromatic heterocycles. The van der Waals surface area contributed by atoms with Crippen LogP contribution in [0.25, 0.3) is 0 Å². The van der Waals surface area contributed by atoms with Crippen molar-refractivity contribution in [1.29, 1.82) is 5.26 Å². The second kappa shape index (κ2) is 6.71. The van der Waals surface area contributed by atoms with Gasteiger partial charge in [-0.2, -0.15) is 5.26 Å². The number of hydrogen-bond donors (Lipinski definition) is 1. The number of nitrogens with zero attached hydrogens (tertiary/aromatic N) is 2. The maximum atomic E-state index is 9.06. The van der Waals surface area contributed by atoms with Crippen molar-refractivity contribution in [3.05, 3.63) is 34.3 Å². The van der Waals surface area contributed by atoms with Gasteiger partial charge in [0, 0.05) is 17.1 Å². The molecule has 2 N–H and O–H groups in total. The highest BCUT2D eigenvalue weighted by molar-refractivity contribution is 9.10. The van der Waals surface area contributed by atoms with Crippen molar-refractivity contribution in [1.82, 2.24) is 4.90 Å². The van der Waals surface area contributed by atoms with E-state index in [0.29, 0.717) is 6.04 Å². The summed E-state index contributed by atoms with van der Waals surface area (Å²) in [5.74, 6) is 0. The summed E-state index contributed by atoms with van der Waals surface area (Å²) in [4.78, 5) is 2.41. The number of rotatable bonds is 4. The first-order valence-electron chi connectivity index (χ1n) is 7.17. The van der Waals surface area contributed by atoms with Gasteiger partial charge in [-0.15, -0.1) is 0 Å². The van der Waals surface area contributed by atoms with Gasteiger partial charge in [0.25, 0.3) is 0 Å². The first kappa shape index (κ1) is 15.5. The quantitative estimate of drug-likeness (QED) is 0.919. The molecule has 0 aliphatic heterocycles. The number of halogens is 1. The van der Waals surface area contributed by atoms with Crippen LogP contribution in [0.4, 0.5) is 0 Å². The van der Waals surface area contributed by atoms with Gasteiger partial charge in [-0.1, -0.05) is 28.1 Å². The van der Waals surface area contributed by atoms with Crippen molar-refractivity contribution in [3.8, 4) is 6.07 Å². The van der Waals surface area contributed by atoms with Gasteiger partial charge in [0.1, 0.15) is 5.54 Å². The van der Waals surface area contributed by atoms with Crippen LogP contribution < -0.4 is 5.73 Å². The lowest BCUT2D eigenvalue weighted by Crippen LogP contribution is -2.47. The molecule has 0 heterocycles. The zero-order valence-corrected chi connectivity index (χ0v) is 13.6. The molecule has 1 aliphatic carbocycles. The smallest absolute Gasteiger partial charge is 0.104 e. The predicted octanol–water partition coefficient (Wildman–Crippen LogP) is 3.09. The first-order chi connectivity index (χ1) is 9.52. The van der Waals surface area contributed by atoms with Gasteiger partial charge >= 0.3 is 0 Å². The normalized spacial score (nSPS) is 26.4. The summed E-state index contributed by atoms with van der Waals surface area (Å²) in [6.45, 7) is 1.05. The summed E-state index contributed by atoms with van der Waals surface area (Å²) in [6.07, 6.45) is 4.74. The van der Waals surface area contributed by atoms with Crippen LogP contribution in [0.1, 0.15) is 31.2 Å². The van der Waals surface area contributed by atoms with Crippen LogP contribution in [0.15, 0.2) is 28.7 Å². The van der Waals surface area contributed by atoms with Crippen LogP contribution in [-0.2, 0) is 6.42 Å². The number of benzene rings is 1. The first-order valence-corrected chi connectivity index (χ1v) is 7.96. The second-order valence-electron chi connectivity index (χ2n) is 5.86. The molecule has 1 fully saturated rings. The van der Waals surface area contributed by atoms with Gasteiger partial charge in [0.05, 0.1) is 6.07 Å². The number of nitriles is 1. The van der Waals surface area contributed by atoms with E-state index in [-0.39, 0.29) is 0 Å². The fraction of sp³-hybridized carbons (Fsp3) is 0.562. The van der Waals surface area contributed by atoms with Gasteiger partial charge < -0.3 is 10.6 Å². The van der Waals surface area contributed by atoms with Crippen molar-refractivity contribution in [2.75, 3.05) is 13.6 Å². The minimum absolute atomic E-state index is 0.562. The topological polar surface area (TPSA) is 53.0 Å². The van der Waals surface area contributed by atoms with Crippen molar-refractivity contribution in [3.63, 3.8) is 0 Å². The fourth-order valence-electron chi connectivity index (χ4n) is 2.85. The molecule has 0 spiro atoms. The highest BCUT2D eigenvalue weighted by atomic mass is 79.9. The molecule has 20 heavy (non-hydrogen) atoms. The Labute approximate surface area is 129 Å². The summed E-state index contributed by atoms with van der Waals surface area (Å²) in [5.41, 5.74) is 6.79. The van der Waals surface area contributed by atoms with Gasteiger partial charge in [0.15, 0.2) is 0 Å². The molecule has 108 valence electrons. The molecule has 1 aromatic rings. The van der Waals surface area contributed by atoms with Crippen molar-refractivity contribution < 1.29 is 0 Å². The fourth-order valence-corrected chi connectivity index (χ4v) is 3.30. The van der Waals surface area contributed by atoms with Crippen molar-refractivity contribution >= 4 is 15.9 Å². The Morgan fingerprint density at radius 1 is 1.45 bits per heavy atom. The zero-order chi connectivity index (χ0) is 14.6. The Kier molecular flexibility index (Phi) is 5.20. The van der Waals surface area contributed by atoms with Crippen molar-refractivity contribution in [2.24, 2.45) is 5.73 Å². The number of hydrogen-bond acceptors (Lipinski definition) is 3. The lowest BCUT2D eigenvalue weighted by Gasteiger charge is -2.36. The van der Waals surface area contributed by atoms with E-state index in [1.165, 1.54) is 5.56 Å². The van der Waals surface area contributed by atoms with Crippen LogP contribution in [0.5, 0.6) is 0 Å². The van der Waals surface area contributed by atoms with Crippen LogP contribution in [0.2, 0.25) is 0 Å². The van der Waals surface area contributed by atoms with E-state index < -0.39 is 5.54 Å². The van der Waals surface area contributed by atoms with Crippen LogP contribution >= 0.6 is 15.9 Å². The molecule has 0 saturated heterocycles. The minimum Gasteiger partial charge on any atom is -0.313 e. The number of likely N-dealkylation sites (N-methyl/N-ethyl adjacent to an activating group) is 1.